The van der Waals surface area contributed by atoms with Gasteiger partial charge in [0.2, 0.25) is 0 Å². The molecule has 0 bridgehead atoms. The summed E-state index contributed by atoms with van der Waals surface area (Å²) in [7, 11) is -4.74. The lowest BCUT2D eigenvalue weighted by Crippen LogP contribution is -2.29. The average Bonchev–Trinajstić information content (AvgIpc) is 3.07. The molecule has 292 valence electrons. The summed E-state index contributed by atoms with van der Waals surface area (Å²) in [6.45, 7) is 3.67. The minimum atomic E-state index is -4.74. The van der Waals surface area contributed by atoms with Crippen molar-refractivity contribution in [2.24, 2.45) is 0 Å². The average molecular weight is 719 g/mol. The van der Waals surface area contributed by atoms with E-state index in [0.29, 0.717) is 6.42 Å². The first-order valence-corrected chi connectivity index (χ1v) is 22.4. The Morgan fingerprint density at radius 1 is 0.449 bits per heavy atom. The topological polar surface area (TPSA) is 119 Å². The molecule has 1 unspecified atom stereocenters. The summed E-state index contributed by atoms with van der Waals surface area (Å²) in [4.78, 5) is 42.6. The summed E-state index contributed by atoms with van der Waals surface area (Å²) >= 11 is 0. The maximum Gasteiger partial charge on any atom is 0.469 e. The first kappa shape index (κ1) is 48.0. The van der Waals surface area contributed by atoms with Gasteiger partial charge in [-0.3, -0.25) is 14.1 Å². The third-order valence-electron chi connectivity index (χ3n) is 9.38. The third kappa shape index (κ3) is 39.7. The minimum absolute atomic E-state index is 0.220. The molecule has 0 spiro atoms. The number of carbonyl (C=O) groups excluding carboxylic acids is 2. The highest BCUT2D eigenvalue weighted by molar-refractivity contribution is 7.46. The molecule has 9 heteroatoms. The van der Waals surface area contributed by atoms with Crippen LogP contribution in [-0.2, 0) is 28.2 Å². The van der Waals surface area contributed by atoms with E-state index in [1.165, 1.54) is 161 Å². The second kappa shape index (κ2) is 36.8. The lowest BCUT2D eigenvalue weighted by molar-refractivity contribution is -0.161. The van der Waals surface area contributed by atoms with Crippen molar-refractivity contribution in [1.82, 2.24) is 0 Å². The zero-order chi connectivity index (χ0) is 36.1. The van der Waals surface area contributed by atoms with Crippen LogP contribution in [0.15, 0.2) is 0 Å². The van der Waals surface area contributed by atoms with Crippen molar-refractivity contribution in [2.75, 3.05) is 13.2 Å². The van der Waals surface area contributed by atoms with Crippen molar-refractivity contribution in [2.45, 2.75) is 232 Å². The third-order valence-corrected chi connectivity index (χ3v) is 9.86. The molecule has 0 aliphatic rings. The van der Waals surface area contributed by atoms with E-state index in [2.05, 4.69) is 18.4 Å². The Morgan fingerprint density at radius 2 is 0.735 bits per heavy atom. The second-order valence-corrected chi connectivity index (χ2v) is 15.6. The zero-order valence-corrected chi connectivity index (χ0v) is 33.0. The van der Waals surface area contributed by atoms with E-state index in [4.69, 9.17) is 19.3 Å². The lowest BCUT2D eigenvalue weighted by atomic mass is 10.0. The fraction of sp³-hybridized carbons (Fsp3) is 0.950. The Kier molecular flexibility index (Phi) is 36.1. The molecule has 0 radical (unpaired) electrons. The fourth-order valence-electron chi connectivity index (χ4n) is 6.26. The van der Waals surface area contributed by atoms with Crippen molar-refractivity contribution in [3.05, 3.63) is 0 Å². The van der Waals surface area contributed by atoms with Crippen LogP contribution in [0.1, 0.15) is 226 Å². The van der Waals surface area contributed by atoms with Crippen LogP contribution in [0.5, 0.6) is 0 Å². The molecule has 0 rings (SSSR count). The highest BCUT2D eigenvalue weighted by Gasteiger charge is 2.22. The SMILES string of the molecule is CCCCCCCCCCCCCCCCCCCCCCCCCC(=O)OC(COC(=O)CCCCCCCCCC)COP(=O)(O)O. The fourth-order valence-corrected chi connectivity index (χ4v) is 6.62. The summed E-state index contributed by atoms with van der Waals surface area (Å²) in [5.41, 5.74) is 0. The standard InChI is InChI=1S/C40H79O8P/c1-3-5-7-9-11-13-14-15-16-17-18-19-20-21-22-23-24-25-26-27-29-31-33-35-40(42)48-38(37-47-49(43,44)45)36-46-39(41)34-32-30-28-12-10-8-6-4-2/h38H,3-37H2,1-2H3,(H2,43,44,45). The Hall–Kier alpha value is -0.950. The van der Waals surface area contributed by atoms with E-state index in [-0.39, 0.29) is 19.4 Å². The van der Waals surface area contributed by atoms with E-state index in [9.17, 15) is 14.2 Å². The van der Waals surface area contributed by atoms with E-state index >= 15 is 0 Å². The molecule has 2 N–H and O–H groups in total. The Morgan fingerprint density at radius 3 is 1.04 bits per heavy atom. The Balaban J connectivity index is 3.73. The van der Waals surface area contributed by atoms with E-state index in [1.54, 1.807) is 0 Å². The van der Waals surface area contributed by atoms with Gasteiger partial charge in [0.15, 0.2) is 6.10 Å². The summed E-state index contributed by atoms with van der Waals surface area (Å²) in [5.74, 6) is -0.875. The minimum Gasteiger partial charge on any atom is -0.462 e. The number of hydrogen-bond donors (Lipinski definition) is 2. The summed E-state index contributed by atoms with van der Waals surface area (Å²) < 4.78 is 26.3. The van der Waals surface area contributed by atoms with Gasteiger partial charge < -0.3 is 19.3 Å². The first-order chi connectivity index (χ1) is 23.8. The molecular weight excluding hydrogens is 639 g/mol. The van der Waals surface area contributed by atoms with Crippen LogP contribution in [-0.4, -0.2) is 41.0 Å². The second-order valence-electron chi connectivity index (χ2n) is 14.3. The molecule has 49 heavy (non-hydrogen) atoms. The van der Waals surface area contributed by atoms with Gasteiger partial charge in [-0.1, -0.05) is 200 Å². The van der Waals surface area contributed by atoms with Crippen LogP contribution < -0.4 is 0 Å². The lowest BCUT2D eigenvalue weighted by Gasteiger charge is -2.18. The van der Waals surface area contributed by atoms with Gasteiger partial charge in [0, 0.05) is 12.8 Å². The largest absolute Gasteiger partial charge is 0.469 e. The van der Waals surface area contributed by atoms with Crippen LogP contribution in [0.2, 0.25) is 0 Å². The monoisotopic (exact) mass is 719 g/mol. The molecule has 0 fully saturated rings. The Labute approximate surface area is 302 Å². The van der Waals surface area contributed by atoms with E-state index in [0.717, 1.165) is 32.1 Å². The number of rotatable bonds is 39. The quantitative estimate of drug-likeness (QED) is 0.0366. The summed E-state index contributed by atoms with van der Waals surface area (Å²) in [6.07, 6.45) is 38.5. The van der Waals surface area contributed by atoms with Crippen molar-refractivity contribution < 1.29 is 37.9 Å². The van der Waals surface area contributed by atoms with Crippen LogP contribution in [0, 0.1) is 0 Å². The first-order valence-electron chi connectivity index (χ1n) is 20.8. The number of carbonyl (C=O) groups is 2. The molecule has 0 saturated carbocycles. The maximum atomic E-state index is 12.4. The number of esters is 2. The summed E-state index contributed by atoms with van der Waals surface area (Å²) in [5, 5.41) is 0. The maximum absolute atomic E-state index is 12.4. The van der Waals surface area contributed by atoms with E-state index in [1.807, 2.05) is 0 Å². The van der Waals surface area contributed by atoms with Gasteiger partial charge in [-0.05, 0) is 12.8 Å². The molecule has 0 aliphatic carbocycles. The van der Waals surface area contributed by atoms with Crippen molar-refractivity contribution in [3.63, 3.8) is 0 Å². The van der Waals surface area contributed by atoms with Gasteiger partial charge in [-0.25, -0.2) is 4.57 Å². The number of hydrogen-bond acceptors (Lipinski definition) is 6. The van der Waals surface area contributed by atoms with Gasteiger partial charge >= 0.3 is 19.8 Å². The van der Waals surface area contributed by atoms with E-state index < -0.39 is 32.5 Å². The number of unbranched alkanes of at least 4 members (excludes halogenated alkanes) is 29. The smallest absolute Gasteiger partial charge is 0.462 e. The molecule has 0 aromatic carbocycles. The molecule has 0 aromatic heterocycles. The van der Waals surface area contributed by atoms with Crippen molar-refractivity contribution in [1.29, 1.82) is 0 Å². The molecule has 0 aliphatic heterocycles. The highest BCUT2D eigenvalue weighted by atomic mass is 31.2. The van der Waals surface area contributed by atoms with Gasteiger partial charge in [0.1, 0.15) is 6.61 Å². The predicted molar refractivity (Wildman–Crippen MR) is 203 cm³/mol. The molecule has 0 aromatic rings. The number of ether oxygens (including phenoxy) is 2. The van der Waals surface area contributed by atoms with Crippen molar-refractivity contribution in [3.8, 4) is 0 Å². The zero-order valence-electron chi connectivity index (χ0n) is 32.1. The predicted octanol–water partition coefficient (Wildman–Crippen LogP) is 12.5. The van der Waals surface area contributed by atoms with Crippen molar-refractivity contribution >= 4 is 19.8 Å². The van der Waals surface area contributed by atoms with Gasteiger partial charge in [0.05, 0.1) is 6.61 Å². The molecule has 1 atom stereocenters. The molecule has 0 saturated heterocycles. The van der Waals surface area contributed by atoms with Crippen LogP contribution in [0.4, 0.5) is 0 Å². The molecular formula is C40H79O8P. The van der Waals surface area contributed by atoms with Gasteiger partial charge in [-0.2, -0.15) is 0 Å². The number of phosphoric ester groups is 1. The molecule has 8 nitrogen and oxygen atoms in total. The summed E-state index contributed by atoms with van der Waals surface area (Å²) in [6, 6.07) is 0. The molecule has 0 amide bonds. The normalized spacial score (nSPS) is 12.3. The number of phosphoric acid groups is 1. The highest BCUT2D eigenvalue weighted by Crippen LogP contribution is 2.36. The van der Waals surface area contributed by atoms with Crippen LogP contribution in [0.25, 0.3) is 0 Å². The van der Waals surface area contributed by atoms with Gasteiger partial charge in [0.25, 0.3) is 0 Å². The van der Waals surface area contributed by atoms with Crippen LogP contribution >= 0.6 is 7.82 Å². The molecule has 0 heterocycles. The van der Waals surface area contributed by atoms with Gasteiger partial charge in [-0.15, -0.1) is 0 Å². The van der Waals surface area contributed by atoms with Crippen LogP contribution in [0.3, 0.4) is 0 Å². The Bertz CT molecular complexity index is 771.